The van der Waals surface area contributed by atoms with Gasteiger partial charge in [-0.15, -0.1) is 0 Å². The fraction of sp³-hybridized carbons (Fsp3) is 0.300. The maximum atomic E-state index is 5.94. The predicted octanol–water partition coefficient (Wildman–Crippen LogP) is 3.78. The molecule has 5 heterocycles. The highest BCUT2D eigenvalue weighted by Gasteiger charge is 2.37. The summed E-state index contributed by atoms with van der Waals surface area (Å²) in [7, 11) is 0. The smallest absolute Gasteiger partial charge is 0.281 e. The summed E-state index contributed by atoms with van der Waals surface area (Å²) in [5.41, 5.74) is 2.81. The zero-order valence-electron chi connectivity index (χ0n) is 14.6. The number of rotatable bonds is 4. The van der Waals surface area contributed by atoms with Crippen molar-refractivity contribution in [3.8, 4) is 10.9 Å². The minimum absolute atomic E-state index is 0.593. The second-order valence-corrected chi connectivity index (χ2v) is 8.24. The van der Waals surface area contributed by atoms with Gasteiger partial charge in [-0.05, 0) is 30.7 Å². The molecular formula is C20H18N4O2S. The van der Waals surface area contributed by atoms with Gasteiger partial charge in [0.25, 0.3) is 5.19 Å². The molecule has 7 heteroatoms. The highest BCUT2D eigenvalue weighted by atomic mass is 32.1. The molecule has 1 N–H and O–H groups in total. The molecule has 1 aromatic carbocycles. The number of ether oxygens (including phenoxy) is 1. The minimum Gasteiger partial charge on any atom is -0.464 e. The van der Waals surface area contributed by atoms with Gasteiger partial charge < -0.3 is 14.5 Å². The molecule has 2 unspecified atom stereocenters. The average Bonchev–Trinajstić information content (AvgIpc) is 3.45. The van der Waals surface area contributed by atoms with Gasteiger partial charge >= 0.3 is 0 Å². The summed E-state index contributed by atoms with van der Waals surface area (Å²) >= 11 is 1.49. The van der Waals surface area contributed by atoms with Crippen LogP contribution in [0.5, 0.6) is 10.9 Å². The van der Waals surface area contributed by atoms with Crippen LogP contribution in [0.4, 0.5) is 0 Å². The Hall–Kier alpha value is -2.48. The van der Waals surface area contributed by atoms with Crippen LogP contribution in [-0.2, 0) is 6.54 Å². The van der Waals surface area contributed by atoms with Crippen molar-refractivity contribution in [3.63, 3.8) is 0 Å². The maximum absolute atomic E-state index is 5.94. The molecule has 4 aromatic rings. The molecule has 27 heavy (non-hydrogen) atoms. The van der Waals surface area contributed by atoms with E-state index in [1.54, 1.807) is 6.20 Å². The number of hydrogen-bond acceptors (Lipinski definition) is 7. The first kappa shape index (κ1) is 15.6. The summed E-state index contributed by atoms with van der Waals surface area (Å²) < 4.78 is 12.8. The van der Waals surface area contributed by atoms with Crippen LogP contribution in [0.25, 0.3) is 21.3 Å². The number of aromatic nitrogens is 2. The lowest BCUT2D eigenvalue weighted by molar-refractivity contribution is 0.218. The summed E-state index contributed by atoms with van der Waals surface area (Å²) in [6, 6.07) is 11.2. The molecule has 0 aliphatic carbocycles. The van der Waals surface area contributed by atoms with E-state index in [-0.39, 0.29) is 0 Å². The lowest BCUT2D eigenvalue weighted by Gasteiger charge is -2.26. The molecule has 2 aliphatic heterocycles. The van der Waals surface area contributed by atoms with Gasteiger partial charge in [-0.3, -0.25) is 4.90 Å². The van der Waals surface area contributed by atoms with Crippen LogP contribution >= 0.6 is 11.3 Å². The molecule has 0 spiro atoms. The van der Waals surface area contributed by atoms with E-state index in [0.29, 0.717) is 22.9 Å². The predicted molar refractivity (Wildman–Crippen MR) is 104 cm³/mol. The molecule has 136 valence electrons. The standard InChI is InChI=1S/C20H18N4O2S/c1-2-18-19(21-5-1)23-20(27-18)26-15-3-4-16-12(11-25-17(16)7-15)9-24-10-13-6-14(24)8-22-13/h1-5,7,11,13-14,22H,6,8-10H2. The lowest BCUT2D eigenvalue weighted by Crippen LogP contribution is -2.42. The minimum atomic E-state index is 0.593. The number of piperazine rings is 1. The van der Waals surface area contributed by atoms with Crippen molar-refractivity contribution in [2.75, 3.05) is 13.1 Å². The summed E-state index contributed by atoms with van der Waals surface area (Å²) in [6.07, 6.45) is 4.89. The number of nitrogens with one attached hydrogen (secondary N) is 1. The van der Waals surface area contributed by atoms with Crippen LogP contribution in [-0.4, -0.2) is 40.0 Å². The van der Waals surface area contributed by atoms with E-state index >= 15 is 0 Å². The topological polar surface area (TPSA) is 63.4 Å². The van der Waals surface area contributed by atoms with Gasteiger partial charge in [-0.2, -0.15) is 4.98 Å². The van der Waals surface area contributed by atoms with Crippen molar-refractivity contribution in [2.45, 2.75) is 25.0 Å². The largest absolute Gasteiger partial charge is 0.464 e. The molecule has 6 nitrogen and oxygen atoms in total. The van der Waals surface area contributed by atoms with Crippen LogP contribution < -0.4 is 10.1 Å². The second kappa shape index (κ2) is 6.02. The number of fused-ring (bicyclic) bond motifs is 4. The normalized spacial score (nSPS) is 22.2. The van der Waals surface area contributed by atoms with E-state index in [1.165, 1.54) is 23.3 Å². The highest BCUT2D eigenvalue weighted by Crippen LogP contribution is 2.34. The summed E-state index contributed by atoms with van der Waals surface area (Å²) in [4.78, 5) is 11.2. The first-order valence-corrected chi connectivity index (χ1v) is 10.0. The van der Waals surface area contributed by atoms with Gasteiger partial charge in [0.2, 0.25) is 0 Å². The molecular weight excluding hydrogens is 360 g/mol. The van der Waals surface area contributed by atoms with E-state index in [4.69, 9.17) is 9.15 Å². The SMILES string of the molecule is c1cnc2nc(Oc3ccc4c(CN5CC6CC5CN6)coc4c3)sc2c1. The quantitative estimate of drug-likeness (QED) is 0.583. The summed E-state index contributed by atoms with van der Waals surface area (Å²) in [6.45, 7) is 3.18. The molecule has 0 amide bonds. The van der Waals surface area contributed by atoms with E-state index < -0.39 is 0 Å². The second-order valence-electron chi connectivity index (χ2n) is 7.25. The molecule has 0 saturated carbocycles. The van der Waals surface area contributed by atoms with Gasteiger partial charge in [0.15, 0.2) is 5.65 Å². The van der Waals surface area contributed by atoms with Crippen molar-refractivity contribution in [1.29, 1.82) is 0 Å². The third-order valence-electron chi connectivity index (χ3n) is 5.52. The van der Waals surface area contributed by atoms with Crippen LogP contribution in [0.3, 0.4) is 0 Å². The first-order chi connectivity index (χ1) is 13.3. The van der Waals surface area contributed by atoms with Gasteiger partial charge in [0.05, 0.1) is 11.0 Å². The Morgan fingerprint density at radius 3 is 3.19 bits per heavy atom. The third kappa shape index (κ3) is 2.70. The molecule has 2 fully saturated rings. The monoisotopic (exact) mass is 378 g/mol. The van der Waals surface area contributed by atoms with Crippen molar-refractivity contribution < 1.29 is 9.15 Å². The van der Waals surface area contributed by atoms with E-state index in [9.17, 15) is 0 Å². The van der Waals surface area contributed by atoms with Gasteiger partial charge in [0, 0.05) is 54.9 Å². The van der Waals surface area contributed by atoms with E-state index in [2.05, 4.69) is 26.3 Å². The van der Waals surface area contributed by atoms with Crippen LogP contribution in [0, 0.1) is 0 Å². The molecule has 0 radical (unpaired) electrons. The maximum Gasteiger partial charge on any atom is 0.281 e. The molecule has 2 saturated heterocycles. The van der Waals surface area contributed by atoms with Crippen molar-refractivity contribution >= 4 is 32.7 Å². The Labute approximate surface area is 159 Å². The summed E-state index contributed by atoms with van der Waals surface area (Å²) in [5, 5.41) is 5.30. The van der Waals surface area contributed by atoms with E-state index in [0.717, 1.165) is 41.1 Å². The number of thiazole rings is 1. The Morgan fingerprint density at radius 1 is 1.33 bits per heavy atom. The average molecular weight is 378 g/mol. The number of pyridine rings is 1. The van der Waals surface area contributed by atoms with Gasteiger partial charge in [0.1, 0.15) is 11.3 Å². The number of benzene rings is 1. The fourth-order valence-corrected chi connectivity index (χ4v) is 5.00. The van der Waals surface area contributed by atoms with Gasteiger partial charge in [-0.25, -0.2) is 4.98 Å². The zero-order chi connectivity index (χ0) is 17.8. The molecule has 2 atom stereocenters. The lowest BCUT2D eigenvalue weighted by atomic mass is 10.1. The van der Waals surface area contributed by atoms with Crippen molar-refractivity contribution in [3.05, 3.63) is 48.4 Å². The van der Waals surface area contributed by atoms with E-state index in [1.807, 2.05) is 30.5 Å². The number of nitrogens with zero attached hydrogens (tertiary/aromatic N) is 3. The molecule has 3 aromatic heterocycles. The van der Waals surface area contributed by atoms with Crippen molar-refractivity contribution in [2.24, 2.45) is 0 Å². The van der Waals surface area contributed by atoms with Crippen molar-refractivity contribution in [1.82, 2.24) is 20.2 Å². The third-order valence-corrected chi connectivity index (χ3v) is 6.41. The number of likely N-dealkylation sites (tertiary alicyclic amines) is 1. The molecule has 2 aliphatic rings. The van der Waals surface area contributed by atoms with Gasteiger partial charge in [-0.1, -0.05) is 11.3 Å². The van der Waals surface area contributed by atoms with Crippen LogP contribution in [0.15, 0.2) is 47.2 Å². The Kier molecular flexibility index (Phi) is 3.47. The highest BCUT2D eigenvalue weighted by molar-refractivity contribution is 7.20. The fourth-order valence-electron chi connectivity index (χ4n) is 4.20. The van der Waals surface area contributed by atoms with Crippen LogP contribution in [0.2, 0.25) is 0 Å². The molecule has 2 bridgehead atoms. The Bertz CT molecular complexity index is 1100. The Morgan fingerprint density at radius 2 is 2.33 bits per heavy atom. The first-order valence-electron chi connectivity index (χ1n) is 9.19. The number of furan rings is 1. The molecule has 6 rings (SSSR count). The summed E-state index contributed by atoms with van der Waals surface area (Å²) in [5.74, 6) is 0.729. The zero-order valence-corrected chi connectivity index (χ0v) is 15.4. The number of hydrogen-bond donors (Lipinski definition) is 1. The Balaban J connectivity index is 1.25. The van der Waals surface area contributed by atoms with Crippen LogP contribution in [0.1, 0.15) is 12.0 Å².